The second-order valence-corrected chi connectivity index (χ2v) is 4.56. The van der Waals surface area contributed by atoms with Crippen LogP contribution in [0.3, 0.4) is 0 Å². The maximum atomic E-state index is 12.1. The van der Waals surface area contributed by atoms with Crippen molar-refractivity contribution in [1.82, 2.24) is 25.6 Å². The molecule has 0 unspecified atom stereocenters. The molecule has 0 aliphatic rings. The third-order valence-electron chi connectivity index (χ3n) is 3.08. The zero-order chi connectivity index (χ0) is 16.4. The van der Waals surface area contributed by atoms with Crippen LogP contribution in [0.25, 0.3) is 11.4 Å². The molecule has 0 aliphatic carbocycles. The molecule has 0 fully saturated rings. The molecule has 116 valence electrons. The van der Waals surface area contributed by atoms with Gasteiger partial charge in [0.15, 0.2) is 0 Å². The fourth-order valence-electron chi connectivity index (χ4n) is 1.96. The highest BCUT2D eigenvalue weighted by molar-refractivity contribution is 6.06. The van der Waals surface area contributed by atoms with E-state index in [4.69, 9.17) is 5.73 Å². The van der Waals surface area contributed by atoms with E-state index in [1.807, 2.05) is 0 Å². The van der Waals surface area contributed by atoms with Crippen LogP contribution in [0.5, 0.6) is 5.75 Å². The van der Waals surface area contributed by atoms with Crippen LogP contribution in [0.15, 0.2) is 30.5 Å². The van der Waals surface area contributed by atoms with Crippen molar-refractivity contribution in [2.45, 2.75) is 0 Å². The molecule has 2 heterocycles. The fraction of sp³-hybridized carbons (Fsp3) is 0. The lowest BCUT2D eigenvalue weighted by atomic mass is 10.1. The van der Waals surface area contributed by atoms with Crippen molar-refractivity contribution in [1.29, 1.82) is 0 Å². The van der Waals surface area contributed by atoms with Crippen molar-refractivity contribution in [2.75, 3.05) is 5.32 Å². The lowest BCUT2D eigenvalue weighted by molar-refractivity contribution is 0.0999. The number of phenols is 1. The zero-order valence-corrected chi connectivity index (χ0v) is 11.6. The van der Waals surface area contributed by atoms with Gasteiger partial charge in [-0.15, -0.1) is 10.2 Å². The van der Waals surface area contributed by atoms with E-state index in [9.17, 15) is 14.7 Å². The molecule has 0 atom stereocenters. The average Bonchev–Trinajstić information content (AvgIpc) is 3.20. The topological polar surface area (TPSA) is 163 Å². The van der Waals surface area contributed by atoms with Gasteiger partial charge in [0, 0.05) is 6.20 Å². The van der Waals surface area contributed by atoms with E-state index < -0.39 is 11.8 Å². The SMILES string of the molecule is NC(=O)c1c[nH]c(C(=O)Nc2cccc(-c3nn[nH]n3)c2O)c1. The minimum absolute atomic E-state index is 0.128. The number of carbonyl (C=O) groups is 2. The van der Waals surface area contributed by atoms with Crippen LogP contribution in [0.4, 0.5) is 5.69 Å². The van der Waals surface area contributed by atoms with Crippen LogP contribution >= 0.6 is 0 Å². The summed E-state index contributed by atoms with van der Waals surface area (Å²) in [6.45, 7) is 0. The van der Waals surface area contributed by atoms with Gasteiger partial charge in [0.1, 0.15) is 11.4 Å². The van der Waals surface area contributed by atoms with Crippen molar-refractivity contribution >= 4 is 17.5 Å². The Labute approximate surface area is 128 Å². The second-order valence-electron chi connectivity index (χ2n) is 4.56. The van der Waals surface area contributed by atoms with Gasteiger partial charge in [-0.3, -0.25) is 9.59 Å². The number of benzene rings is 1. The highest BCUT2D eigenvalue weighted by atomic mass is 16.3. The highest BCUT2D eigenvalue weighted by Gasteiger charge is 2.16. The molecule has 0 spiro atoms. The molecular formula is C13H11N7O3. The molecule has 0 saturated carbocycles. The van der Waals surface area contributed by atoms with Crippen LogP contribution in [-0.4, -0.2) is 42.5 Å². The molecule has 0 aliphatic heterocycles. The molecule has 23 heavy (non-hydrogen) atoms. The van der Waals surface area contributed by atoms with Crippen LogP contribution in [-0.2, 0) is 0 Å². The van der Waals surface area contributed by atoms with Crippen LogP contribution in [0, 0.1) is 0 Å². The number of nitrogens with two attached hydrogens (primary N) is 1. The normalized spacial score (nSPS) is 10.4. The monoisotopic (exact) mass is 313 g/mol. The Bertz CT molecular complexity index is 870. The molecule has 0 saturated heterocycles. The van der Waals surface area contributed by atoms with E-state index >= 15 is 0 Å². The number of tetrazole rings is 1. The van der Waals surface area contributed by atoms with Crippen LogP contribution in [0.2, 0.25) is 0 Å². The minimum atomic E-state index is -0.651. The number of aromatic nitrogens is 5. The van der Waals surface area contributed by atoms with Gasteiger partial charge >= 0.3 is 0 Å². The van der Waals surface area contributed by atoms with Gasteiger partial charge in [-0.2, -0.15) is 5.21 Å². The first-order valence-electron chi connectivity index (χ1n) is 6.41. The van der Waals surface area contributed by atoms with E-state index in [2.05, 4.69) is 30.9 Å². The summed E-state index contributed by atoms with van der Waals surface area (Å²) in [5, 5.41) is 26.0. The van der Waals surface area contributed by atoms with Gasteiger partial charge in [-0.05, 0) is 23.4 Å². The number of nitrogens with one attached hydrogen (secondary N) is 3. The first kappa shape index (κ1) is 14.3. The Morgan fingerprint density at radius 1 is 1.30 bits per heavy atom. The average molecular weight is 313 g/mol. The summed E-state index contributed by atoms with van der Waals surface area (Å²) in [7, 11) is 0. The summed E-state index contributed by atoms with van der Waals surface area (Å²) in [4.78, 5) is 25.8. The summed E-state index contributed by atoms with van der Waals surface area (Å²) in [6.07, 6.45) is 1.33. The van der Waals surface area contributed by atoms with Gasteiger partial charge in [0.2, 0.25) is 11.7 Å². The molecule has 10 heteroatoms. The highest BCUT2D eigenvalue weighted by Crippen LogP contribution is 2.33. The number of anilines is 1. The largest absolute Gasteiger partial charge is 0.505 e. The number of amides is 2. The summed E-state index contributed by atoms with van der Waals surface area (Å²) < 4.78 is 0. The first-order valence-corrected chi connectivity index (χ1v) is 6.41. The molecule has 0 bridgehead atoms. The Morgan fingerprint density at radius 3 is 2.78 bits per heavy atom. The number of aromatic hydroxyl groups is 1. The molecular weight excluding hydrogens is 302 g/mol. The summed E-state index contributed by atoms with van der Waals surface area (Å²) in [5.74, 6) is -1.21. The lowest BCUT2D eigenvalue weighted by Gasteiger charge is -2.08. The van der Waals surface area contributed by atoms with Crippen molar-refractivity contribution in [3.05, 3.63) is 41.7 Å². The fourth-order valence-corrected chi connectivity index (χ4v) is 1.96. The third kappa shape index (κ3) is 2.72. The van der Waals surface area contributed by atoms with Gasteiger partial charge in [-0.25, -0.2) is 0 Å². The number of hydrogen-bond donors (Lipinski definition) is 5. The number of H-pyrrole nitrogens is 2. The molecule has 2 amide bonds. The second kappa shape index (κ2) is 5.60. The molecule has 3 aromatic rings. The van der Waals surface area contributed by atoms with Crippen molar-refractivity contribution in [3.8, 4) is 17.1 Å². The Kier molecular flexibility index (Phi) is 3.47. The minimum Gasteiger partial charge on any atom is -0.505 e. The van der Waals surface area contributed by atoms with Gasteiger partial charge < -0.3 is 21.1 Å². The predicted octanol–water partition coefficient (Wildman–Crippen LogP) is 0.252. The zero-order valence-electron chi connectivity index (χ0n) is 11.6. The summed E-state index contributed by atoms with van der Waals surface area (Å²) in [5.41, 5.74) is 5.90. The number of hydrogen-bond acceptors (Lipinski definition) is 6. The lowest BCUT2D eigenvalue weighted by Crippen LogP contribution is -2.13. The van der Waals surface area contributed by atoms with Gasteiger partial charge in [0.05, 0.1) is 16.8 Å². The summed E-state index contributed by atoms with van der Waals surface area (Å²) >= 11 is 0. The molecule has 3 rings (SSSR count). The number of carbonyl (C=O) groups excluding carboxylic acids is 2. The quantitative estimate of drug-likeness (QED) is 0.433. The Balaban J connectivity index is 1.86. The van der Waals surface area contributed by atoms with Gasteiger partial charge in [0.25, 0.3) is 5.91 Å². The number of aromatic amines is 2. The van der Waals surface area contributed by atoms with E-state index in [1.54, 1.807) is 12.1 Å². The Hall–Kier alpha value is -3.69. The number of para-hydroxylation sites is 1. The molecule has 0 radical (unpaired) electrons. The molecule has 2 aromatic heterocycles. The molecule has 6 N–H and O–H groups in total. The number of primary amides is 1. The molecule has 1 aromatic carbocycles. The number of nitrogens with zero attached hydrogens (tertiary/aromatic N) is 3. The maximum Gasteiger partial charge on any atom is 0.272 e. The van der Waals surface area contributed by atoms with E-state index in [-0.39, 0.29) is 28.5 Å². The summed E-state index contributed by atoms with van der Waals surface area (Å²) in [6, 6.07) is 6.02. The van der Waals surface area contributed by atoms with Gasteiger partial charge in [-0.1, -0.05) is 6.07 Å². The third-order valence-corrected chi connectivity index (χ3v) is 3.08. The Morgan fingerprint density at radius 2 is 2.13 bits per heavy atom. The predicted molar refractivity (Wildman–Crippen MR) is 78.5 cm³/mol. The molecule has 10 nitrogen and oxygen atoms in total. The number of phenolic OH excluding ortho intramolecular Hbond substituents is 1. The van der Waals surface area contributed by atoms with E-state index in [0.717, 1.165) is 0 Å². The number of rotatable bonds is 4. The van der Waals surface area contributed by atoms with Crippen molar-refractivity contribution < 1.29 is 14.7 Å². The maximum absolute atomic E-state index is 12.1. The standard InChI is InChI=1S/C13H11N7O3/c14-11(22)6-4-9(15-5-6)13(23)16-8-3-1-2-7(10(8)21)12-17-19-20-18-12/h1-5,15,21H,(H2,14,22)(H,16,23)(H,17,18,19,20). The van der Waals surface area contributed by atoms with Crippen molar-refractivity contribution in [3.63, 3.8) is 0 Å². The van der Waals surface area contributed by atoms with Crippen LogP contribution in [0.1, 0.15) is 20.8 Å². The van der Waals surface area contributed by atoms with Crippen molar-refractivity contribution in [2.24, 2.45) is 5.73 Å². The van der Waals surface area contributed by atoms with E-state index in [1.165, 1.54) is 18.3 Å². The first-order chi connectivity index (χ1) is 11.1. The van der Waals surface area contributed by atoms with Crippen LogP contribution < -0.4 is 11.1 Å². The smallest absolute Gasteiger partial charge is 0.272 e. The van der Waals surface area contributed by atoms with E-state index in [0.29, 0.717) is 5.56 Å².